The predicted molar refractivity (Wildman–Crippen MR) is 187 cm³/mol. The minimum absolute atomic E-state index is 0.676. The Balaban J connectivity index is 1.18. The van der Waals surface area contributed by atoms with Crippen molar-refractivity contribution in [1.82, 2.24) is 24.9 Å². The van der Waals surface area contributed by atoms with Crippen LogP contribution >= 0.6 is 0 Å². The summed E-state index contributed by atoms with van der Waals surface area (Å²) in [6.07, 6.45) is 3.61. The molecular formula is C41H29N5. The van der Waals surface area contributed by atoms with Gasteiger partial charge in [0.2, 0.25) is 0 Å². The molecule has 0 bridgehead atoms. The molecule has 0 amide bonds. The summed E-state index contributed by atoms with van der Waals surface area (Å²) in [6.45, 7) is 4.07. The summed E-state index contributed by atoms with van der Waals surface area (Å²) in [7, 11) is 0. The van der Waals surface area contributed by atoms with Gasteiger partial charge in [-0.15, -0.1) is 0 Å². The summed E-state index contributed by atoms with van der Waals surface area (Å²) >= 11 is 0. The third-order valence-corrected chi connectivity index (χ3v) is 8.31. The Labute approximate surface area is 267 Å². The number of nitrogens with zero attached hydrogens (tertiary/aromatic N) is 5. The highest BCUT2D eigenvalue weighted by molar-refractivity contribution is 6.08. The topological polar surface area (TPSA) is 64.5 Å². The van der Waals surface area contributed by atoms with Gasteiger partial charge in [-0.05, 0) is 72.5 Å². The molecule has 0 N–H and O–H groups in total. The number of hydrogen-bond acceptors (Lipinski definition) is 5. The van der Waals surface area contributed by atoms with Crippen molar-refractivity contribution < 1.29 is 0 Å². The van der Waals surface area contributed by atoms with Crippen LogP contribution < -0.4 is 0 Å². The number of hydrogen-bond donors (Lipinski definition) is 0. The molecule has 5 heteroatoms. The first-order valence-corrected chi connectivity index (χ1v) is 15.3. The molecule has 4 aromatic carbocycles. The average Bonchev–Trinajstić information content (AvgIpc) is 3.12. The predicted octanol–water partition coefficient (Wildman–Crippen LogP) is 9.92. The maximum Gasteiger partial charge on any atom is 0.160 e. The third kappa shape index (κ3) is 5.18. The highest BCUT2D eigenvalue weighted by Crippen LogP contribution is 2.35. The van der Waals surface area contributed by atoms with Gasteiger partial charge in [-0.3, -0.25) is 15.0 Å². The standard InChI is InChI=1S/C41H29N5/c1-26-13-14-30-19-20-35-36(22-27(2)44-40(35)39(30)43-26)33-11-6-10-32(23-33)28-15-17-31(18-16-28)41-45-37(29-8-4-3-5-9-29)24-38(46-41)34-12-7-21-42-25-34/h3-25H,1-2H3. The Morgan fingerprint density at radius 2 is 1.13 bits per heavy atom. The number of pyridine rings is 3. The molecule has 0 saturated heterocycles. The Morgan fingerprint density at radius 1 is 0.435 bits per heavy atom. The molecule has 4 heterocycles. The molecule has 0 atom stereocenters. The number of aryl methyl sites for hydroxylation is 2. The highest BCUT2D eigenvalue weighted by atomic mass is 14.9. The van der Waals surface area contributed by atoms with Crippen LogP contribution in [0, 0.1) is 13.8 Å². The van der Waals surface area contributed by atoms with Gasteiger partial charge in [0.25, 0.3) is 0 Å². The fourth-order valence-electron chi connectivity index (χ4n) is 6.01. The Kier molecular flexibility index (Phi) is 6.84. The van der Waals surface area contributed by atoms with Crippen molar-refractivity contribution in [1.29, 1.82) is 0 Å². The van der Waals surface area contributed by atoms with Crippen molar-refractivity contribution in [3.63, 3.8) is 0 Å². The van der Waals surface area contributed by atoms with E-state index in [-0.39, 0.29) is 0 Å². The van der Waals surface area contributed by atoms with E-state index >= 15 is 0 Å². The molecule has 0 aliphatic rings. The number of aromatic nitrogens is 5. The first kappa shape index (κ1) is 27.5. The van der Waals surface area contributed by atoms with Gasteiger partial charge in [-0.25, -0.2) is 9.97 Å². The minimum Gasteiger partial charge on any atom is -0.264 e. The largest absolute Gasteiger partial charge is 0.264 e. The molecule has 0 unspecified atom stereocenters. The van der Waals surface area contributed by atoms with Gasteiger partial charge in [-0.2, -0.15) is 0 Å². The zero-order valence-electron chi connectivity index (χ0n) is 25.5. The molecule has 46 heavy (non-hydrogen) atoms. The summed E-state index contributed by atoms with van der Waals surface area (Å²) in [4.78, 5) is 24.0. The Morgan fingerprint density at radius 3 is 1.93 bits per heavy atom. The molecular weight excluding hydrogens is 562 g/mol. The number of benzene rings is 4. The van der Waals surface area contributed by atoms with Crippen LogP contribution in [0.3, 0.4) is 0 Å². The van der Waals surface area contributed by atoms with Crippen molar-refractivity contribution in [2.75, 3.05) is 0 Å². The maximum absolute atomic E-state index is 4.98. The smallest absolute Gasteiger partial charge is 0.160 e. The summed E-state index contributed by atoms with van der Waals surface area (Å²) in [5.41, 5.74) is 13.1. The van der Waals surface area contributed by atoms with E-state index in [0.29, 0.717) is 5.82 Å². The lowest BCUT2D eigenvalue weighted by molar-refractivity contribution is 1.18. The second kappa shape index (κ2) is 11.5. The molecule has 218 valence electrons. The van der Waals surface area contributed by atoms with E-state index in [1.807, 2.05) is 55.6 Å². The molecule has 0 radical (unpaired) electrons. The van der Waals surface area contributed by atoms with E-state index in [4.69, 9.17) is 19.9 Å². The van der Waals surface area contributed by atoms with E-state index in [0.717, 1.165) is 83.5 Å². The van der Waals surface area contributed by atoms with Crippen LogP contribution in [0.5, 0.6) is 0 Å². The lowest BCUT2D eigenvalue weighted by atomic mass is 9.95. The minimum atomic E-state index is 0.676. The van der Waals surface area contributed by atoms with Crippen molar-refractivity contribution in [3.05, 3.63) is 151 Å². The van der Waals surface area contributed by atoms with E-state index in [9.17, 15) is 0 Å². The van der Waals surface area contributed by atoms with Crippen LogP contribution in [0.15, 0.2) is 140 Å². The summed E-state index contributed by atoms with van der Waals surface area (Å²) in [6, 6.07) is 44.0. The SMILES string of the molecule is Cc1ccc2ccc3c(-c4cccc(-c5ccc(-c6nc(-c7ccccc7)cc(-c7cccnc7)n6)cc5)c4)cc(C)nc3c2n1. The Bertz CT molecular complexity index is 2310. The van der Waals surface area contributed by atoms with Crippen molar-refractivity contribution in [2.45, 2.75) is 13.8 Å². The fraction of sp³-hybridized carbons (Fsp3) is 0.0488. The zero-order valence-corrected chi connectivity index (χ0v) is 25.5. The van der Waals surface area contributed by atoms with Gasteiger partial charge < -0.3 is 0 Å². The zero-order chi connectivity index (χ0) is 31.0. The van der Waals surface area contributed by atoms with Crippen LogP contribution in [0.1, 0.15) is 11.4 Å². The van der Waals surface area contributed by atoms with Gasteiger partial charge in [0.05, 0.1) is 22.4 Å². The van der Waals surface area contributed by atoms with Crippen molar-refractivity contribution in [3.8, 4) is 56.2 Å². The summed E-state index contributed by atoms with van der Waals surface area (Å²) in [5.74, 6) is 0.676. The van der Waals surface area contributed by atoms with Gasteiger partial charge in [0.15, 0.2) is 5.82 Å². The molecule has 4 aromatic heterocycles. The van der Waals surface area contributed by atoms with Crippen LogP contribution in [0.2, 0.25) is 0 Å². The lowest BCUT2D eigenvalue weighted by Crippen LogP contribution is -1.96. The van der Waals surface area contributed by atoms with Gasteiger partial charge in [0.1, 0.15) is 0 Å². The average molecular weight is 592 g/mol. The molecule has 8 rings (SSSR count). The number of rotatable bonds is 5. The van der Waals surface area contributed by atoms with E-state index in [2.05, 4.69) is 96.8 Å². The third-order valence-electron chi connectivity index (χ3n) is 8.31. The van der Waals surface area contributed by atoms with Crippen molar-refractivity contribution >= 4 is 21.8 Å². The van der Waals surface area contributed by atoms with Gasteiger partial charge in [0, 0.05) is 51.2 Å². The molecule has 0 fully saturated rings. The van der Waals surface area contributed by atoms with Crippen LogP contribution in [-0.2, 0) is 0 Å². The van der Waals surface area contributed by atoms with E-state index < -0.39 is 0 Å². The molecule has 5 nitrogen and oxygen atoms in total. The van der Waals surface area contributed by atoms with Gasteiger partial charge in [-0.1, -0.05) is 91.0 Å². The quantitative estimate of drug-likeness (QED) is 0.186. The normalized spacial score (nSPS) is 11.3. The Hall–Kier alpha value is -6.07. The molecule has 0 aliphatic carbocycles. The first-order valence-electron chi connectivity index (χ1n) is 15.3. The molecule has 0 saturated carbocycles. The highest BCUT2D eigenvalue weighted by Gasteiger charge is 2.13. The monoisotopic (exact) mass is 591 g/mol. The molecule has 8 aromatic rings. The summed E-state index contributed by atoms with van der Waals surface area (Å²) in [5, 5.41) is 2.20. The fourth-order valence-corrected chi connectivity index (χ4v) is 6.01. The first-order chi connectivity index (χ1) is 22.6. The van der Waals surface area contributed by atoms with Gasteiger partial charge >= 0.3 is 0 Å². The van der Waals surface area contributed by atoms with E-state index in [1.54, 1.807) is 6.20 Å². The maximum atomic E-state index is 4.98. The number of fused-ring (bicyclic) bond motifs is 3. The second-order valence-electron chi connectivity index (χ2n) is 11.5. The van der Waals surface area contributed by atoms with Crippen molar-refractivity contribution in [2.24, 2.45) is 0 Å². The summed E-state index contributed by atoms with van der Waals surface area (Å²) < 4.78 is 0. The van der Waals surface area contributed by atoms with Crippen LogP contribution in [0.25, 0.3) is 78.0 Å². The molecule has 0 spiro atoms. The van der Waals surface area contributed by atoms with E-state index in [1.165, 1.54) is 0 Å². The molecule has 0 aliphatic heterocycles. The lowest BCUT2D eigenvalue weighted by Gasteiger charge is -2.12. The second-order valence-corrected chi connectivity index (χ2v) is 11.5. The van der Waals surface area contributed by atoms with Crippen LogP contribution in [0.4, 0.5) is 0 Å². The van der Waals surface area contributed by atoms with Crippen LogP contribution in [-0.4, -0.2) is 24.9 Å².